The maximum atomic E-state index is 4.19. The number of rotatable bonds is 4. The second-order valence-electron chi connectivity index (χ2n) is 3.85. The largest absolute Gasteiger partial charge is 0.373 e. The third-order valence-corrected chi connectivity index (χ3v) is 2.54. The quantitative estimate of drug-likeness (QED) is 0.780. The number of hydrogen-bond acceptors (Lipinski definition) is 3. The third kappa shape index (κ3) is 2.59. The molecule has 84 valence electrons. The summed E-state index contributed by atoms with van der Waals surface area (Å²) in [6.07, 6.45) is 5.62. The number of anilines is 1. The Labute approximate surface area is 95.5 Å². The van der Waals surface area contributed by atoms with Gasteiger partial charge < -0.3 is 4.90 Å². The van der Waals surface area contributed by atoms with Crippen molar-refractivity contribution in [2.75, 3.05) is 18.5 Å². The number of aryl methyl sites for hydroxylation is 1. The molecule has 0 bridgehead atoms. The smallest absolute Gasteiger partial charge is 0.0584 e. The van der Waals surface area contributed by atoms with Gasteiger partial charge in [-0.2, -0.15) is 5.10 Å². The van der Waals surface area contributed by atoms with Crippen LogP contribution in [0.1, 0.15) is 5.69 Å². The van der Waals surface area contributed by atoms with E-state index in [1.54, 1.807) is 6.20 Å². The molecule has 16 heavy (non-hydrogen) atoms. The standard InChI is InChI=1S/C12H16N4/c1-11-10-12(4-6-13-11)15(2)8-9-16-7-3-5-14-16/h3-7,10H,8-9H2,1-2H3. The van der Waals surface area contributed by atoms with Crippen LogP contribution in [0.5, 0.6) is 0 Å². The topological polar surface area (TPSA) is 34.0 Å². The summed E-state index contributed by atoms with van der Waals surface area (Å²) in [6, 6.07) is 6.05. The van der Waals surface area contributed by atoms with Crippen LogP contribution in [0.3, 0.4) is 0 Å². The molecule has 0 fully saturated rings. The van der Waals surface area contributed by atoms with E-state index in [2.05, 4.69) is 28.1 Å². The number of aromatic nitrogens is 3. The molecule has 0 atom stereocenters. The fourth-order valence-corrected chi connectivity index (χ4v) is 1.58. The van der Waals surface area contributed by atoms with Crippen molar-refractivity contribution in [2.45, 2.75) is 13.5 Å². The number of likely N-dealkylation sites (N-methyl/N-ethyl adjacent to an activating group) is 1. The van der Waals surface area contributed by atoms with Gasteiger partial charge in [0.25, 0.3) is 0 Å². The van der Waals surface area contributed by atoms with Crippen molar-refractivity contribution in [1.29, 1.82) is 0 Å². The van der Waals surface area contributed by atoms with E-state index in [1.165, 1.54) is 5.69 Å². The predicted molar refractivity (Wildman–Crippen MR) is 64.5 cm³/mol. The molecule has 0 amide bonds. The van der Waals surface area contributed by atoms with Gasteiger partial charge in [-0.05, 0) is 25.1 Å². The first-order chi connectivity index (χ1) is 7.75. The summed E-state index contributed by atoms with van der Waals surface area (Å²) < 4.78 is 1.94. The summed E-state index contributed by atoms with van der Waals surface area (Å²) in [6.45, 7) is 3.83. The molecule has 4 nitrogen and oxygen atoms in total. The molecule has 0 spiro atoms. The summed E-state index contributed by atoms with van der Waals surface area (Å²) in [5.74, 6) is 0. The molecule has 0 aliphatic carbocycles. The van der Waals surface area contributed by atoms with Gasteiger partial charge in [-0.3, -0.25) is 9.67 Å². The molecule has 2 rings (SSSR count). The minimum atomic E-state index is 0.894. The van der Waals surface area contributed by atoms with Gasteiger partial charge in [0.2, 0.25) is 0 Å². The average Bonchev–Trinajstić information content (AvgIpc) is 2.78. The lowest BCUT2D eigenvalue weighted by Crippen LogP contribution is -2.22. The van der Waals surface area contributed by atoms with E-state index < -0.39 is 0 Å². The summed E-state index contributed by atoms with van der Waals surface area (Å²) >= 11 is 0. The summed E-state index contributed by atoms with van der Waals surface area (Å²) in [4.78, 5) is 6.39. The van der Waals surface area contributed by atoms with Crippen LogP contribution >= 0.6 is 0 Å². The molecular formula is C12H16N4. The Bertz CT molecular complexity index is 436. The van der Waals surface area contributed by atoms with Gasteiger partial charge in [0.1, 0.15) is 0 Å². The van der Waals surface area contributed by atoms with Crippen LogP contribution in [-0.4, -0.2) is 28.4 Å². The van der Waals surface area contributed by atoms with Crippen LogP contribution in [0.2, 0.25) is 0 Å². The van der Waals surface area contributed by atoms with Crippen molar-refractivity contribution in [3.05, 3.63) is 42.5 Å². The Kier molecular flexibility index (Phi) is 3.19. The number of hydrogen-bond donors (Lipinski definition) is 0. The van der Waals surface area contributed by atoms with E-state index >= 15 is 0 Å². The summed E-state index contributed by atoms with van der Waals surface area (Å²) in [7, 11) is 2.08. The Balaban J connectivity index is 1.95. The zero-order chi connectivity index (χ0) is 11.4. The molecule has 0 aromatic carbocycles. The SMILES string of the molecule is Cc1cc(N(C)CCn2cccn2)ccn1. The molecule has 4 heteroatoms. The van der Waals surface area contributed by atoms with Gasteiger partial charge in [-0.15, -0.1) is 0 Å². The van der Waals surface area contributed by atoms with Crippen LogP contribution in [0.15, 0.2) is 36.8 Å². The lowest BCUT2D eigenvalue weighted by atomic mass is 10.3. The lowest BCUT2D eigenvalue weighted by molar-refractivity contribution is 0.611. The van der Waals surface area contributed by atoms with Crippen LogP contribution in [-0.2, 0) is 6.54 Å². The van der Waals surface area contributed by atoms with Crippen molar-refractivity contribution in [3.8, 4) is 0 Å². The van der Waals surface area contributed by atoms with E-state index in [-0.39, 0.29) is 0 Å². The second kappa shape index (κ2) is 4.79. The fourth-order valence-electron chi connectivity index (χ4n) is 1.58. The predicted octanol–water partition coefficient (Wildman–Crippen LogP) is 1.72. The first-order valence-electron chi connectivity index (χ1n) is 5.37. The van der Waals surface area contributed by atoms with Crippen molar-refractivity contribution in [2.24, 2.45) is 0 Å². The van der Waals surface area contributed by atoms with Crippen molar-refractivity contribution >= 4 is 5.69 Å². The highest BCUT2D eigenvalue weighted by Gasteiger charge is 2.01. The second-order valence-corrected chi connectivity index (χ2v) is 3.85. The van der Waals surface area contributed by atoms with Crippen LogP contribution in [0, 0.1) is 6.92 Å². The van der Waals surface area contributed by atoms with E-state index in [1.807, 2.05) is 36.1 Å². The van der Waals surface area contributed by atoms with E-state index in [9.17, 15) is 0 Å². The van der Waals surface area contributed by atoms with E-state index in [0.717, 1.165) is 18.8 Å². The molecule has 0 saturated heterocycles. The van der Waals surface area contributed by atoms with Gasteiger partial charge >= 0.3 is 0 Å². The molecule has 0 aliphatic rings. The molecule has 2 heterocycles. The molecule has 2 aromatic heterocycles. The maximum absolute atomic E-state index is 4.19. The van der Waals surface area contributed by atoms with Crippen LogP contribution in [0.4, 0.5) is 5.69 Å². The van der Waals surface area contributed by atoms with Crippen molar-refractivity contribution in [3.63, 3.8) is 0 Å². The lowest BCUT2D eigenvalue weighted by Gasteiger charge is -2.19. The highest BCUT2D eigenvalue weighted by atomic mass is 15.3. The van der Waals surface area contributed by atoms with Gasteiger partial charge in [0.05, 0.1) is 6.54 Å². The van der Waals surface area contributed by atoms with Gasteiger partial charge in [-0.25, -0.2) is 0 Å². The van der Waals surface area contributed by atoms with Gasteiger partial charge in [0, 0.05) is 43.6 Å². The van der Waals surface area contributed by atoms with E-state index in [0.29, 0.717) is 0 Å². The molecular weight excluding hydrogens is 200 g/mol. The maximum Gasteiger partial charge on any atom is 0.0584 e. The normalized spacial score (nSPS) is 10.4. The molecule has 0 unspecified atom stereocenters. The summed E-state index contributed by atoms with van der Waals surface area (Å²) in [5.41, 5.74) is 2.24. The third-order valence-electron chi connectivity index (χ3n) is 2.54. The van der Waals surface area contributed by atoms with E-state index in [4.69, 9.17) is 0 Å². The first kappa shape index (κ1) is 10.7. The monoisotopic (exact) mass is 216 g/mol. The Morgan fingerprint density at radius 3 is 2.94 bits per heavy atom. The molecule has 0 saturated carbocycles. The minimum absolute atomic E-state index is 0.894. The van der Waals surface area contributed by atoms with Crippen LogP contribution in [0.25, 0.3) is 0 Å². The van der Waals surface area contributed by atoms with Crippen LogP contribution < -0.4 is 4.90 Å². The van der Waals surface area contributed by atoms with Crippen molar-refractivity contribution in [1.82, 2.24) is 14.8 Å². The van der Waals surface area contributed by atoms with Gasteiger partial charge in [-0.1, -0.05) is 0 Å². The Morgan fingerprint density at radius 2 is 2.25 bits per heavy atom. The minimum Gasteiger partial charge on any atom is -0.373 e. The number of pyridine rings is 1. The molecule has 0 N–H and O–H groups in total. The Hall–Kier alpha value is -1.84. The van der Waals surface area contributed by atoms with Crippen molar-refractivity contribution < 1.29 is 0 Å². The molecule has 0 aliphatic heterocycles. The zero-order valence-corrected chi connectivity index (χ0v) is 9.67. The average molecular weight is 216 g/mol. The summed E-state index contributed by atoms with van der Waals surface area (Å²) in [5, 5.41) is 4.18. The fraction of sp³-hybridized carbons (Fsp3) is 0.333. The number of nitrogens with zero attached hydrogens (tertiary/aromatic N) is 4. The molecule has 0 radical (unpaired) electrons. The molecule has 2 aromatic rings. The van der Waals surface area contributed by atoms with Gasteiger partial charge in [0.15, 0.2) is 0 Å². The zero-order valence-electron chi connectivity index (χ0n) is 9.67. The highest BCUT2D eigenvalue weighted by molar-refractivity contribution is 5.45. The Morgan fingerprint density at radius 1 is 1.38 bits per heavy atom. The first-order valence-corrected chi connectivity index (χ1v) is 5.37. The highest BCUT2D eigenvalue weighted by Crippen LogP contribution is 2.11.